The number of carbonyl (C=O) groups is 1. The number of benzene rings is 2. The number of nitriles is 1. The van der Waals surface area contributed by atoms with E-state index in [1.807, 2.05) is 25.1 Å². The fourth-order valence-corrected chi connectivity index (χ4v) is 4.85. The van der Waals surface area contributed by atoms with E-state index < -0.39 is 21.7 Å². The SMILES string of the molecule is CN(C)CCN(Cc1ccc(C#N)cc1)C(=O)c1cc(S(=O)(=O)N2CCOCC2)ccc1F. The molecule has 2 aromatic carbocycles. The van der Waals surface area contributed by atoms with Crippen molar-refractivity contribution in [2.75, 3.05) is 53.5 Å². The molecule has 3 rings (SSSR count). The van der Waals surface area contributed by atoms with Crippen molar-refractivity contribution in [2.45, 2.75) is 11.4 Å². The van der Waals surface area contributed by atoms with Gasteiger partial charge in [-0.1, -0.05) is 12.1 Å². The van der Waals surface area contributed by atoms with Gasteiger partial charge in [-0.25, -0.2) is 12.8 Å². The normalized spacial score (nSPS) is 14.8. The minimum absolute atomic E-state index is 0.125. The Morgan fingerprint density at radius 3 is 2.39 bits per heavy atom. The summed E-state index contributed by atoms with van der Waals surface area (Å²) in [5.74, 6) is -1.38. The highest BCUT2D eigenvalue weighted by molar-refractivity contribution is 7.89. The number of rotatable bonds is 8. The van der Waals surface area contributed by atoms with Gasteiger partial charge >= 0.3 is 0 Å². The number of nitrogens with zero attached hydrogens (tertiary/aromatic N) is 4. The van der Waals surface area contributed by atoms with E-state index in [2.05, 4.69) is 0 Å². The molecule has 1 fully saturated rings. The first-order valence-electron chi connectivity index (χ1n) is 10.5. The van der Waals surface area contributed by atoms with Gasteiger partial charge in [0.25, 0.3) is 5.91 Å². The van der Waals surface area contributed by atoms with Crippen LogP contribution in [0, 0.1) is 17.1 Å². The Balaban J connectivity index is 1.90. The molecule has 8 nitrogen and oxygen atoms in total. The predicted octanol–water partition coefficient (Wildman–Crippen LogP) is 1.92. The van der Waals surface area contributed by atoms with Crippen LogP contribution in [0.2, 0.25) is 0 Å². The third kappa shape index (κ3) is 6.15. The second-order valence-corrected chi connectivity index (χ2v) is 9.93. The van der Waals surface area contributed by atoms with E-state index in [0.717, 1.165) is 17.7 Å². The zero-order chi connectivity index (χ0) is 24.0. The van der Waals surface area contributed by atoms with Gasteiger partial charge in [0, 0.05) is 32.7 Å². The number of morpholine rings is 1. The van der Waals surface area contributed by atoms with E-state index in [-0.39, 0.29) is 43.3 Å². The highest BCUT2D eigenvalue weighted by atomic mass is 32.2. The minimum atomic E-state index is -3.88. The Morgan fingerprint density at radius 2 is 1.79 bits per heavy atom. The van der Waals surface area contributed by atoms with Crippen LogP contribution in [-0.2, 0) is 21.3 Å². The molecule has 0 N–H and O–H groups in total. The van der Waals surface area contributed by atoms with E-state index in [0.29, 0.717) is 18.7 Å². The molecule has 1 aliphatic rings. The molecule has 0 bridgehead atoms. The zero-order valence-electron chi connectivity index (χ0n) is 18.7. The Kier molecular flexibility index (Phi) is 8.15. The summed E-state index contributed by atoms with van der Waals surface area (Å²) < 4.78 is 47.2. The topological polar surface area (TPSA) is 93.9 Å². The lowest BCUT2D eigenvalue weighted by atomic mass is 10.1. The number of carbonyl (C=O) groups excluding carboxylic acids is 1. The van der Waals surface area contributed by atoms with Crippen molar-refractivity contribution in [3.63, 3.8) is 0 Å². The number of amides is 1. The first kappa shape index (κ1) is 24.8. The summed E-state index contributed by atoms with van der Waals surface area (Å²) in [7, 11) is -0.153. The highest BCUT2D eigenvalue weighted by Gasteiger charge is 2.29. The average Bonchev–Trinajstić information content (AvgIpc) is 2.82. The maximum absolute atomic E-state index is 14.7. The molecule has 0 spiro atoms. The number of likely N-dealkylation sites (N-methyl/N-ethyl adjacent to an activating group) is 1. The summed E-state index contributed by atoms with van der Waals surface area (Å²) in [6.45, 7) is 2.02. The smallest absolute Gasteiger partial charge is 0.257 e. The van der Waals surface area contributed by atoms with Gasteiger partial charge in [0.15, 0.2) is 0 Å². The maximum Gasteiger partial charge on any atom is 0.257 e. The van der Waals surface area contributed by atoms with Crippen molar-refractivity contribution in [3.8, 4) is 6.07 Å². The molecule has 0 aromatic heterocycles. The summed E-state index contributed by atoms with van der Waals surface area (Å²) in [5, 5.41) is 8.99. The van der Waals surface area contributed by atoms with Gasteiger partial charge in [0.2, 0.25) is 10.0 Å². The Bertz CT molecular complexity index is 1120. The van der Waals surface area contributed by atoms with E-state index in [9.17, 15) is 17.6 Å². The van der Waals surface area contributed by atoms with Crippen LogP contribution in [0.3, 0.4) is 0 Å². The van der Waals surface area contributed by atoms with Gasteiger partial charge in [0.1, 0.15) is 5.82 Å². The molecule has 2 aromatic rings. The summed E-state index contributed by atoms with van der Waals surface area (Å²) in [4.78, 5) is 16.6. The van der Waals surface area contributed by atoms with Crippen LogP contribution in [0.15, 0.2) is 47.4 Å². The largest absolute Gasteiger partial charge is 0.379 e. The summed E-state index contributed by atoms with van der Waals surface area (Å²) in [6, 6.07) is 12.1. The maximum atomic E-state index is 14.7. The minimum Gasteiger partial charge on any atom is -0.379 e. The third-order valence-electron chi connectivity index (χ3n) is 5.34. The molecule has 1 saturated heterocycles. The van der Waals surface area contributed by atoms with Crippen LogP contribution in [0.1, 0.15) is 21.5 Å². The van der Waals surface area contributed by atoms with Gasteiger partial charge in [-0.15, -0.1) is 0 Å². The number of hydrogen-bond acceptors (Lipinski definition) is 6. The highest BCUT2D eigenvalue weighted by Crippen LogP contribution is 2.22. The van der Waals surface area contributed by atoms with Crippen molar-refractivity contribution < 1.29 is 22.3 Å². The molecular weight excluding hydrogens is 447 g/mol. The number of sulfonamides is 1. The van der Waals surface area contributed by atoms with Gasteiger partial charge in [0.05, 0.1) is 35.3 Å². The van der Waals surface area contributed by atoms with Crippen molar-refractivity contribution in [3.05, 3.63) is 65.0 Å². The fraction of sp³-hybridized carbons (Fsp3) is 0.391. The molecule has 1 heterocycles. The molecule has 0 radical (unpaired) electrons. The molecule has 33 heavy (non-hydrogen) atoms. The van der Waals surface area contributed by atoms with Crippen LogP contribution in [0.5, 0.6) is 0 Å². The first-order valence-corrected chi connectivity index (χ1v) is 12.0. The van der Waals surface area contributed by atoms with E-state index in [1.165, 1.54) is 15.3 Å². The zero-order valence-corrected chi connectivity index (χ0v) is 19.5. The monoisotopic (exact) mass is 474 g/mol. The van der Waals surface area contributed by atoms with Gasteiger partial charge in [-0.3, -0.25) is 4.79 Å². The fourth-order valence-electron chi connectivity index (χ4n) is 3.41. The number of halogens is 1. The van der Waals surface area contributed by atoms with E-state index in [4.69, 9.17) is 10.00 Å². The summed E-state index contributed by atoms with van der Waals surface area (Å²) in [6.07, 6.45) is 0. The Morgan fingerprint density at radius 1 is 1.12 bits per heavy atom. The predicted molar refractivity (Wildman–Crippen MR) is 120 cm³/mol. The van der Waals surface area contributed by atoms with Crippen LogP contribution >= 0.6 is 0 Å². The Hall–Kier alpha value is -2.84. The molecule has 10 heteroatoms. The second-order valence-electron chi connectivity index (χ2n) is 8.00. The molecule has 0 saturated carbocycles. The molecule has 0 atom stereocenters. The lowest BCUT2D eigenvalue weighted by molar-refractivity contribution is 0.0723. The lowest BCUT2D eigenvalue weighted by Gasteiger charge is -2.27. The van der Waals surface area contributed by atoms with Gasteiger partial charge in [-0.2, -0.15) is 9.57 Å². The second kappa shape index (κ2) is 10.9. The van der Waals surface area contributed by atoms with Crippen LogP contribution in [0.25, 0.3) is 0 Å². The van der Waals surface area contributed by atoms with Crippen LogP contribution in [-0.4, -0.2) is 81.9 Å². The number of ether oxygens (including phenoxy) is 1. The molecule has 0 unspecified atom stereocenters. The van der Waals surface area contributed by atoms with Gasteiger partial charge < -0.3 is 14.5 Å². The molecule has 1 amide bonds. The summed E-state index contributed by atoms with van der Waals surface area (Å²) in [5.41, 5.74) is 0.979. The molecular formula is C23H27FN4O4S. The first-order chi connectivity index (χ1) is 15.7. The van der Waals surface area contributed by atoms with Gasteiger partial charge in [-0.05, 0) is 50.0 Å². The van der Waals surface area contributed by atoms with E-state index in [1.54, 1.807) is 24.3 Å². The van der Waals surface area contributed by atoms with Crippen LogP contribution in [0.4, 0.5) is 4.39 Å². The van der Waals surface area contributed by atoms with Crippen molar-refractivity contribution in [1.82, 2.24) is 14.1 Å². The standard InChI is InChI=1S/C23H27FN4O4S/c1-26(2)9-10-27(17-19-5-3-18(16-25)4-6-19)23(29)21-15-20(7-8-22(21)24)33(30,31)28-11-13-32-14-12-28/h3-8,15H,9-14,17H2,1-2H3. The van der Waals surface area contributed by atoms with Crippen molar-refractivity contribution in [1.29, 1.82) is 5.26 Å². The molecule has 1 aliphatic heterocycles. The Labute approximate surface area is 193 Å². The van der Waals surface area contributed by atoms with Crippen molar-refractivity contribution >= 4 is 15.9 Å². The van der Waals surface area contributed by atoms with E-state index >= 15 is 0 Å². The quantitative estimate of drug-likeness (QED) is 0.580. The number of hydrogen-bond donors (Lipinski definition) is 0. The molecule has 176 valence electrons. The van der Waals surface area contributed by atoms with Crippen LogP contribution < -0.4 is 0 Å². The van der Waals surface area contributed by atoms with Crippen molar-refractivity contribution in [2.24, 2.45) is 0 Å². The average molecular weight is 475 g/mol. The lowest BCUT2D eigenvalue weighted by Crippen LogP contribution is -2.40. The third-order valence-corrected chi connectivity index (χ3v) is 7.23. The molecule has 0 aliphatic carbocycles. The summed E-state index contributed by atoms with van der Waals surface area (Å²) >= 11 is 0.